The van der Waals surface area contributed by atoms with Crippen LogP contribution in [0.5, 0.6) is 0 Å². The smallest absolute Gasteiger partial charge is 0.329 e. The van der Waals surface area contributed by atoms with Crippen LogP contribution in [0.3, 0.4) is 0 Å². The van der Waals surface area contributed by atoms with Gasteiger partial charge >= 0.3 is 12.2 Å². The van der Waals surface area contributed by atoms with Crippen LogP contribution in [0.1, 0.15) is 25.0 Å². The SMILES string of the molecule is [C-]#[N+]CC1(N2C3C=C(c4ccnc(Nc5cnn(C)c5)n4)CC2CC3)CN(C(=O)NCC(F)(F)F)C1. The molecule has 13 heteroatoms. The highest BCUT2D eigenvalue weighted by atomic mass is 19.4. The van der Waals surface area contributed by atoms with Crippen LogP contribution in [0.4, 0.5) is 29.6 Å². The minimum atomic E-state index is -4.46. The second-order valence-corrected chi connectivity index (χ2v) is 9.57. The monoisotopic (exact) mass is 501 g/mol. The summed E-state index contributed by atoms with van der Waals surface area (Å²) in [5, 5.41) is 9.21. The lowest BCUT2D eigenvalue weighted by molar-refractivity contribution is -0.124. The fraction of sp³-hybridized carbons (Fsp3) is 0.522. The lowest BCUT2D eigenvalue weighted by Gasteiger charge is -2.55. The Balaban J connectivity index is 1.30. The normalized spacial score (nSPS) is 23.0. The average Bonchev–Trinajstić information content (AvgIpc) is 3.33. The zero-order valence-corrected chi connectivity index (χ0v) is 19.7. The van der Waals surface area contributed by atoms with Gasteiger partial charge in [-0.05, 0) is 30.9 Å². The van der Waals surface area contributed by atoms with Crippen LogP contribution in [-0.2, 0) is 7.05 Å². The number of carbonyl (C=O) groups excluding carboxylic acids is 1. The molecular formula is C23H26F3N9O. The van der Waals surface area contributed by atoms with Gasteiger partial charge in [-0.2, -0.15) is 18.3 Å². The molecule has 5 heterocycles. The number of hydrogen-bond donors (Lipinski definition) is 2. The Morgan fingerprint density at radius 2 is 2.14 bits per heavy atom. The summed E-state index contributed by atoms with van der Waals surface area (Å²) in [6.07, 6.45) is 5.54. The predicted octanol–water partition coefficient (Wildman–Crippen LogP) is 2.82. The summed E-state index contributed by atoms with van der Waals surface area (Å²) in [5.41, 5.74) is 2.17. The van der Waals surface area contributed by atoms with Crippen molar-refractivity contribution in [3.8, 4) is 0 Å². The number of aromatic nitrogens is 4. The van der Waals surface area contributed by atoms with Crippen molar-refractivity contribution < 1.29 is 18.0 Å². The lowest BCUT2D eigenvalue weighted by atomic mass is 9.83. The Morgan fingerprint density at radius 3 is 2.81 bits per heavy atom. The summed E-state index contributed by atoms with van der Waals surface area (Å²) in [4.78, 5) is 28.5. The van der Waals surface area contributed by atoms with Gasteiger partial charge in [-0.1, -0.05) is 6.08 Å². The molecule has 10 nitrogen and oxygen atoms in total. The highest BCUT2D eigenvalue weighted by molar-refractivity contribution is 5.76. The molecule has 0 saturated carbocycles. The summed E-state index contributed by atoms with van der Waals surface area (Å²) >= 11 is 0. The standard InChI is InChI=1S/C23H26F3N9O/c1-27-11-22(13-34(14-22)21(36)29-12-23(24,25)26)35-17-3-4-18(35)8-15(7-17)19-5-6-28-20(32-19)31-16-9-30-33(2)10-16/h5-7,9-10,17-18H,3-4,8,11-14H2,2H3,(H,29,36)(H,28,31,32). The Labute approximate surface area is 206 Å². The quantitative estimate of drug-likeness (QED) is 0.592. The molecule has 190 valence electrons. The molecular weight excluding hydrogens is 475 g/mol. The largest absolute Gasteiger partial charge is 0.405 e. The molecule has 2 amide bonds. The molecule has 2 aromatic rings. The van der Waals surface area contributed by atoms with Crippen LogP contribution in [0, 0.1) is 6.57 Å². The molecule has 0 aliphatic carbocycles. The van der Waals surface area contributed by atoms with Crippen LogP contribution in [0.15, 0.2) is 30.7 Å². The average molecular weight is 502 g/mol. The van der Waals surface area contributed by atoms with Crippen molar-refractivity contribution in [3.05, 3.63) is 47.8 Å². The number of fused-ring (bicyclic) bond motifs is 2. The van der Waals surface area contributed by atoms with Crippen molar-refractivity contribution in [3.63, 3.8) is 0 Å². The number of aryl methyl sites for hydroxylation is 1. The van der Waals surface area contributed by atoms with E-state index >= 15 is 0 Å². The van der Waals surface area contributed by atoms with Crippen LogP contribution in [-0.4, -0.2) is 85.6 Å². The third-order valence-corrected chi connectivity index (χ3v) is 6.96. The molecule has 2 aromatic heterocycles. The Hall–Kier alpha value is -3.66. The molecule has 0 aromatic carbocycles. The molecule has 2 fully saturated rings. The number of urea groups is 1. The van der Waals surface area contributed by atoms with Gasteiger partial charge in [0, 0.05) is 44.6 Å². The van der Waals surface area contributed by atoms with Crippen molar-refractivity contribution in [2.24, 2.45) is 7.05 Å². The number of nitrogens with zero attached hydrogens (tertiary/aromatic N) is 7. The molecule has 2 saturated heterocycles. The van der Waals surface area contributed by atoms with Gasteiger partial charge in [-0.3, -0.25) is 9.58 Å². The third kappa shape index (κ3) is 4.73. The van der Waals surface area contributed by atoms with Crippen LogP contribution >= 0.6 is 0 Å². The number of halogens is 3. The van der Waals surface area contributed by atoms with E-state index < -0.39 is 24.3 Å². The molecule has 3 aliphatic rings. The van der Waals surface area contributed by atoms with E-state index in [9.17, 15) is 18.0 Å². The van der Waals surface area contributed by atoms with E-state index in [-0.39, 0.29) is 31.7 Å². The topological polar surface area (TPSA) is 95.6 Å². The van der Waals surface area contributed by atoms with E-state index in [0.717, 1.165) is 36.2 Å². The number of alkyl halides is 3. The second kappa shape index (κ2) is 9.09. The van der Waals surface area contributed by atoms with E-state index in [2.05, 4.69) is 36.2 Å². The zero-order chi connectivity index (χ0) is 25.5. The maximum atomic E-state index is 12.5. The first kappa shape index (κ1) is 24.1. The van der Waals surface area contributed by atoms with Crippen molar-refractivity contribution in [2.45, 2.75) is 43.1 Å². The van der Waals surface area contributed by atoms with Crippen molar-refractivity contribution in [1.82, 2.24) is 34.9 Å². The first-order valence-corrected chi connectivity index (χ1v) is 11.7. The summed E-state index contributed by atoms with van der Waals surface area (Å²) in [6.45, 7) is 6.78. The van der Waals surface area contributed by atoms with Gasteiger partial charge in [-0.15, -0.1) is 0 Å². The summed E-state index contributed by atoms with van der Waals surface area (Å²) in [5.74, 6) is 0.472. The molecule has 2 bridgehead atoms. The molecule has 36 heavy (non-hydrogen) atoms. The van der Waals surface area contributed by atoms with E-state index in [1.165, 1.54) is 4.90 Å². The van der Waals surface area contributed by atoms with Crippen molar-refractivity contribution in [1.29, 1.82) is 0 Å². The Bertz CT molecular complexity index is 1210. The van der Waals surface area contributed by atoms with Gasteiger partial charge in [0.2, 0.25) is 12.5 Å². The first-order valence-electron chi connectivity index (χ1n) is 11.7. The Morgan fingerprint density at radius 1 is 1.33 bits per heavy atom. The van der Waals surface area contributed by atoms with Crippen LogP contribution < -0.4 is 10.6 Å². The van der Waals surface area contributed by atoms with Crippen LogP contribution in [0.2, 0.25) is 0 Å². The number of anilines is 2. The molecule has 5 rings (SSSR count). The molecule has 3 aliphatic heterocycles. The number of amides is 2. The minimum absolute atomic E-state index is 0.0746. The minimum Gasteiger partial charge on any atom is -0.329 e. The van der Waals surface area contributed by atoms with Crippen molar-refractivity contribution in [2.75, 3.05) is 31.5 Å². The maximum absolute atomic E-state index is 12.5. The summed E-state index contributed by atoms with van der Waals surface area (Å²) in [6, 6.07) is 1.37. The van der Waals surface area contributed by atoms with Crippen molar-refractivity contribution >= 4 is 23.2 Å². The first-order chi connectivity index (χ1) is 17.2. The number of nitrogens with one attached hydrogen (secondary N) is 2. The third-order valence-electron chi connectivity index (χ3n) is 6.96. The number of carbonyl (C=O) groups is 1. The summed E-state index contributed by atoms with van der Waals surface area (Å²) < 4.78 is 39.1. The lowest BCUT2D eigenvalue weighted by Crippen LogP contribution is -2.75. The molecule has 0 radical (unpaired) electrons. The Kier molecular flexibility index (Phi) is 6.07. The number of hydrogen-bond acceptors (Lipinski definition) is 6. The number of likely N-dealkylation sites (tertiary alicyclic amines) is 1. The second-order valence-electron chi connectivity index (χ2n) is 9.57. The predicted molar refractivity (Wildman–Crippen MR) is 125 cm³/mol. The van der Waals surface area contributed by atoms with E-state index in [4.69, 9.17) is 6.57 Å². The van der Waals surface area contributed by atoms with Gasteiger partial charge in [0.05, 0.1) is 17.6 Å². The van der Waals surface area contributed by atoms with E-state index in [0.29, 0.717) is 5.95 Å². The highest BCUT2D eigenvalue weighted by Gasteiger charge is 2.58. The molecule has 2 unspecified atom stereocenters. The summed E-state index contributed by atoms with van der Waals surface area (Å²) in [7, 11) is 1.83. The maximum Gasteiger partial charge on any atom is 0.405 e. The van der Waals surface area contributed by atoms with Gasteiger partial charge in [0.15, 0.2) is 0 Å². The molecule has 2 atom stereocenters. The fourth-order valence-electron chi connectivity index (χ4n) is 5.56. The van der Waals surface area contributed by atoms with Gasteiger partial charge in [0.25, 0.3) is 0 Å². The zero-order valence-electron chi connectivity index (χ0n) is 19.7. The van der Waals surface area contributed by atoms with Gasteiger partial charge < -0.3 is 20.4 Å². The fourth-order valence-corrected chi connectivity index (χ4v) is 5.56. The van der Waals surface area contributed by atoms with E-state index in [1.54, 1.807) is 17.1 Å². The van der Waals surface area contributed by atoms with Gasteiger partial charge in [0.1, 0.15) is 12.1 Å². The van der Waals surface area contributed by atoms with Gasteiger partial charge in [-0.25, -0.2) is 21.3 Å². The molecule has 0 spiro atoms. The number of rotatable bonds is 6. The highest BCUT2D eigenvalue weighted by Crippen LogP contribution is 2.45. The molecule has 2 N–H and O–H groups in total. The van der Waals surface area contributed by atoms with E-state index in [1.807, 2.05) is 24.6 Å². The van der Waals surface area contributed by atoms with Crippen LogP contribution in [0.25, 0.3) is 10.4 Å².